The molecule has 1 atom stereocenters. The second kappa shape index (κ2) is 11.6. The summed E-state index contributed by atoms with van der Waals surface area (Å²) >= 11 is 0. The number of ether oxygens (including phenoxy) is 4. The van der Waals surface area contributed by atoms with E-state index in [1.807, 2.05) is 18.2 Å². The number of nitrogens with zero attached hydrogens (tertiary/aromatic N) is 1. The third-order valence-corrected chi connectivity index (χ3v) is 6.76. The van der Waals surface area contributed by atoms with E-state index >= 15 is 0 Å². The Labute approximate surface area is 211 Å². The van der Waals surface area contributed by atoms with Gasteiger partial charge in [0.2, 0.25) is 17.1 Å². The first-order valence-corrected chi connectivity index (χ1v) is 12.3. The third kappa shape index (κ3) is 5.42. The van der Waals surface area contributed by atoms with Crippen molar-refractivity contribution >= 4 is 11.6 Å². The Bertz CT molecular complexity index is 1160. The fourth-order valence-corrected chi connectivity index (χ4v) is 5.03. The van der Waals surface area contributed by atoms with Crippen molar-refractivity contribution in [1.29, 1.82) is 0 Å². The number of hydrogen-bond acceptors (Lipinski definition) is 8. The molecule has 9 heteroatoms. The number of amides is 1. The second-order valence-corrected chi connectivity index (χ2v) is 8.98. The van der Waals surface area contributed by atoms with Gasteiger partial charge in [-0.05, 0) is 47.7 Å². The van der Waals surface area contributed by atoms with E-state index in [9.17, 15) is 9.59 Å². The summed E-state index contributed by atoms with van der Waals surface area (Å²) in [7, 11) is 4.75. The van der Waals surface area contributed by atoms with E-state index in [0.29, 0.717) is 42.3 Å². The summed E-state index contributed by atoms with van der Waals surface area (Å²) < 4.78 is 22.5. The first-order chi connectivity index (χ1) is 17.5. The van der Waals surface area contributed by atoms with Gasteiger partial charge in [-0.3, -0.25) is 14.5 Å². The quantitative estimate of drug-likeness (QED) is 0.575. The van der Waals surface area contributed by atoms with Crippen molar-refractivity contribution in [2.24, 2.45) is 0 Å². The lowest BCUT2D eigenvalue weighted by molar-refractivity contribution is -0.119. The monoisotopic (exact) mass is 497 g/mol. The standard InChI is InChI=1S/C27H35N3O6/c1-17(31)29-21-7-5-18-15-24(33-2)26(34-3)27(35-4)25(18)19-6-8-22(23(32)16-20(19)21)28-9-10-30-11-13-36-14-12-30/h6,8,15-16,21H,5,7,9-14H2,1-4H3,(H,28,32)(H,29,31). The molecule has 2 aromatic rings. The van der Waals surface area contributed by atoms with Crippen LogP contribution in [-0.4, -0.2) is 71.5 Å². The van der Waals surface area contributed by atoms with Crippen LogP contribution in [0.2, 0.25) is 0 Å². The van der Waals surface area contributed by atoms with E-state index in [-0.39, 0.29) is 17.4 Å². The van der Waals surface area contributed by atoms with E-state index in [0.717, 1.165) is 55.1 Å². The molecule has 2 aromatic carbocycles. The molecule has 1 unspecified atom stereocenters. The normalized spacial score (nSPS) is 17.3. The van der Waals surface area contributed by atoms with Crippen LogP contribution in [0.5, 0.6) is 17.2 Å². The Balaban J connectivity index is 1.79. The van der Waals surface area contributed by atoms with Crippen LogP contribution in [0.25, 0.3) is 11.1 Å². The van der Waals surface area contributed by atoms with Crippen LogP contribution >= 0.6 is 0 Å². The van der Waals surface area contributed by atoms with Gasteiger partial charge in [0.05, 0.1) is 46.3 Å². The van der Waals surface area contributed by atoms with E-state index in [1.165, 1.54) is 6.92 Å². The van der Waals surface area contributed by atoms with Gasteiger partial charge in [0.25, 0.3) is 0 Å². The summed E-state index contributed by atoms with van der Waals surface area (Å²) in [5, 5.41) is 6.34. The Morgan fingerprint density at radius 2 is 1.83 bits per heavy atom. The van der Waals surface area contributed by atoms with Crippen molar-refractivity contribution in [1.82, 2.24) is 10.2 Å². The fourth-order valence-electron chi connectivity index (χ4n) is 5.03. The molecule has 9 nitrogen and oxygen atoms in total. The number of carbonyl (C=O) groups excluding carboxylic acids is 1. The number of nitrogens with one attached hydrogen (secondary N) is 2. The molecule has 1 aliphatic heterocycles. The fraction of sp³-hybridized carbons (Fsp3) is 0.481. The predicted molar refractivity (Wildman–Crippen MR) is 138 cm³/mol. The number of aryl methyl sites for hydroxylation is 1. The number of benzene rings is 1. The lowest BCUT2D eigenvalue weighted by atomic mass is 9.95. The predicted octanol–water partition coefficient (Wildman–Crippen LogP) is 2.61. The van der Waals surface area contributed by atoms with Crippen molar-refractivity contribution in [2.45, 2.75) is 25.8 Å². The molecule has 0 aromatic heterocycles. The highest BCUT2D eigenvalue weighted by Gasteiger charge is 2.29. The highest BCUT2D eigenvalue weighted by molar-refractivity contribution is 5.83. The van der Waals surface area contributed by atoms with Crippen LogP contribution < -0.4 is 30.3 Å². The maximum absolute atomic E-state index is 13.3. The average Bonchev–Trinajstić information content (AvgIpc) is 3.12. The zero-order chi connectivity index (χ0) is 25.7. The van der Waals surface area contributed by atoms with Gasteiger partial charge >= 0.3 is 0 Å². The van der Waals surface area contributed by atoms with Crippen LogP contribution in [0, 0.1) is 0 Å². The molecule has 194 valence electrons. The van der Waals surface area contributed by atoms with E-state index in [1.54, 1.807) is 27.4 Å². The number of hydrogen-bond donors (Lipinski definition) is 2. The number of fused-ring (bicyclic) bond motifs is 3. The van der Waals surface area contributed by atoms with Gasteiger partial charge in [0.1, 0.15) is 0 Å². The van der Waals surface area contributed by atoms with Crippen LogP contribution in [-0.2, 0) is 16.0 Å². The highest BCUT2D eigenvalue weighted by Crippen LogP contribution is 2.50. The molecule has 36 heavy (non-hydrogen) atoms. The van der Waals surface area contributed by atoms with Crippen LogP contribution in [0.15, 0.2) is 29.1 Å². The van der Waals surface area contributed by atoms with Crippen LogP contribution in [0.4, 0.5) is 5.69 Å². The highest BCUT2D eigenvalue weighted by atomic mass is 16.5. The molecule has 2 N–H and O–H groups in total. The summed E-state index contributed by atoms with van der Waals surface area (Å²) in [6.07, 6.45) is 1.29. The zero-order valence-corrected chi connectivity index (χ0v) is 21.4. The van der Waals surface area contributed by atoms with Crippen molar-refractivity contribution < 1.29 is 23.7 Å². The Morgan fingerprint density at radius 3 is 2.50 bits per heavy atom. The minimum atomic E-state index is -0.326. The van der Waals surface area contributed by atoms with Gasteiger partial charge in [-0.2, -0.15) is 0 Å². The molecular formula is C27H35N3O6. The topological polar surface area (TPSA) is 98.4 Å². The molecular weight excluding hydrogens is 462 g/mol. The van der Waals surface area contributed by atoms with Crippen molar-refractivity contribution in [2.75, 3.05) is 66.0 Å². The molecule has 0 radical (unpaired) electrons. The van der Waals surface area contributed by atoms with Gasteiger partial charge in [-0.15, -0.1) is 0 Å². The SMILES string of the molecule is COc1cc2c(c(OC)c1OC)-c1ccc(NCCN3CCOCC3)c(=O)cc1C(NC(C)=O)CC2. The number of carbonyl (C=O) groups is 1. The minimum absolute atomic E-state index is 0.128. The zero-order valence-electron chi connectivity index (χ0n) is 21.4. The Kier molecular flexibility index (Phi) is 8.32. The van der Waals surface area contributed by atoms with E-state index in [4.69, 9.17) is 18.9 Å². The first-order valence-electron chi connectivity index (χ1n) is 12.3. The largest absolute Gasteiger partial charge is 0.493 e. The van der Waals surface area contributed by atoms with Gasteiger partial charge in [0, 0.05) is 38.7 Å². The third-order valence-electron chi connectivity index (χ3n) is 6.76. The summed E-state index contributed by atoms with van der Waals surface area (Å²) in [6, 6.07) is 7.01. The molecule has 1 aliphatic carbocycles. The maximum atomic E-state index is 13.3. The minimum Gasteiger partial charge on any atom is -0.493 e. The van der Waals surface area contributed by atoms with E-state index < -0.39 is 0 Å². The maximum Gasteiger partial charge on any atom is 0.217 e. The van der Waals surface area contributed by atoms with E-state index in [2.05, 4.69) is 15.5 Å². The molecule has 4 rings (SSSR count). The lowest BCUT2D eigenvalue weighted by Crippen LogP contribution is -2.39. The average molecular weight is 498 g/mol. The van der Waals surface area contributed by atoms with Gasteiger partial charge in [-0.1, -0.05) is 6.07 Å². The summed E-state index contributed by atoms with van der Waals surface area (Å²) in [5.74, 6) is 1.45. The van der Waals surface area contributed by atoms with Gasteiger partial charge in [0.15, 0.2) is 11.5 Å². The van der Waals surface area contributed by atoms with Crippen LogP contribution in [0.3, 0.4) is 0 Å². The molecule has 0 bridgehead atoms. The summed E-state index contributed by atoms with van der Waals surface area (Å²) in [4.78, 5) is 27.7. The lowest BCUT2D eigenvalue weighted by Gasteiger charge is -2.26. The Hall–Kier alpha value is -3.30. The van der Waals surface area contributed by atoms with Gasteiger partial charge in [-0.25, -0.2) is 0 Å². The number of methoxy groups -OCH3 is 3. The number of morpholine rings is 1. The Morgan fingerprint density at radius 1 is 1.08 bits per heavy atom. The second-order valence-electron chi connectivity index (χ2n) is 8.98. The summed E-state index contributed by atoms with van der Waals surface area (Å²) in [5.41, 5.74) is 3.79. The molecule has 2 aliphatic rings. The van der Waals surface area contributed by atoms with Crippen molar-refractivity contribution in [3.8, 4) is 28.4 Å². The summed E-state index contributed by atoms with van der Waals surface area (Å²) in [6.45, 7) is 6.21. The number of anilines is 1. The molecule has 1 fully saturated rings. The van der Waals surface area contributed by atoms with Crippen LogP contribution in [0.1, 0.15) is 30.5 Å². The molecule has 0 saturated carbocycles. The molecule has 0 spiro atoms. The first kappa shape index (κ1) is 25.8. The molecule has 1 amide bonds. The molecule has 1 heterocycles. The number of rotatable bonds is 8. The smallest absolute Gasteiger partial charge is 0.217 e. The van der Waals surface area contributed by atoms with Gasteiger partial charge < -0.3 is 29.6 Å². The van der Waals surface area contributed by atoms with Crippen molar-refractivity contribution in [3.63, 3.8) is 0 Å². The molecule has 1 saturated heterocycles. The van der Waals surface area contributed by atoms with Crippen molar-refractivity contribution in [3.05, 3.63) is 45.6 Å².